The molecule has 0 aliphatic carbocycles. The number of Topliss-reactive ketones (excluding diaryl/α,β-unsaturated/α-hetero) is 2. The molecule has 0 fully saturated rings. The van der Waals surface area contributed by atoms with E-state index in [0.717, 1.165) is 5.56 Å². The van der Waals surface area contributed by atoms with Crippen LogP contribution in [0.15, 0.2) is 42.5 Å². The Morgan fingerprint density at radius 2 is 1.61 bits per heavy atom. The summed E-state index contributed by atoms with van der Waals surface area (Å²) in [6.07, 6.45) is 0.0271. The monoisotopic (exact) mass is 308 g/mol. The van der Waals surface area contributed by atoms with E-state index < -0.39 is 0 Å². The Bertz CT molecular complexity index is 707. The maximum absolute atomic E-state index is 12.1. The molecule has 0 unspecified atom stereocenters. The number of hydrogen-bond acceptors (Lipinski definition) is 4. The molecule has 0 heterocycles. The van der Waals surface area contributed by atoms with Crippen molar-refractivity contribution in [1.82, 2.24) is 0 Å². The van der Waals surface area contributed by atoms with Gasteiger partial charge in [-0.2, -0.15) is 0 Å². The smallest absolute Gasteiger partial charge is 0.170 e. The number of rotatable bonds is 7. The Kier molecular flexibility index (Phi) is 5.58. The van der Waals surface area contributed by atoms with Crippen molar-refractivity contribution in [3.05, 3.63) is 53.6 Å². The highest BCUT2D eigenvalue weighted by molar-refractivity contribution is 6.32. The first-order chi connectivity index (χ1) is 11.0. The first-order valence-electron chi connectivity index (χ1n) is 7.15. The first-order valence-corrected chi connectivity index (χ1v) is 7.15. The van der Waals surface area contributed by atoms with E-state index in [1.165, 1.54) is 7.11 Å². The number of ether oxygens (including phenoxy) is 2. The lowest BCUT2D eigenvalue weighted by molar-refractivity contribution is -0.117. The fraction of sp³-hybridized carbons (Fsp3) is 0.222. The van der Waals surface area contributed by atoms with Gasteiger partial charge in [0.25, 0.3) is 0 Å². The van der Waals surface area contributed by atoms with Crippen LogP contribution in [0.1, 0.15) is 22.3 Å². The fourth-order valence-corrected chi connectivity index (χ4v) is 2.23. The number of ketones is 2. The van der Waals surface area contributed by atoms with Crippen LogP contribution in [0.4, 0.5) is 0 Å². The van der Waals surface area contributed by atoms with E-state index in [1.807, 2.05) is 0 Å². The van der Waals surface area contributed by atoms with Gasteiger partial charge < -0.3 is 9.47 Å². The van der Waals surface area contributed by atoms with Gasteiger partial charge in [0.1, 0.15) is 13.6 Å². The van der Waals surface area contributed by atoms with Crippen LogP contribution in [0.2, 0.25) is 0 Å². The zero-order chi connectivity index (χ0) is 16.8. The van der Waals surface area contributed by atoms with Crippen molar-refractivity contribution < 1.29 is 19.1 Å². The average Bonchev–Trinajstić information content (AvgIpc) is 2.55. The van der Waals surface area contributed by atoms with Crippen LogP contribution in [0, 0.1) is 0 Å². The second-order valence-corrected chi connectivity index (χ2v) is 5.13. The summed E-state index contributed by atoms with van der Waals surface area (Å²) >= 11 is 0. The summed E-state index contributed by atoms with van der Waals surface area (Å²) < 4.78 is 10.4. The highest BCUT2D eigenvalue weighted by Gasteiger charge is 2.13. The number of carbonyl (C=O) groups excluding carboxylic acids is 2. The summed E-state index contributed by atoms with van der Waals surface area (Å²) in [7, 11) is 8.67. The van der Waals surface area contributed by atoms with Gasteiger partial charge in [-0.1, -0.05) is 35.8 Å². The minimum Gasteiger partial charge on any atom is -0.493 e. The van der Waals surface area contributed by atoms with E-state index in [1.54, 1.807) is 49.6 Å². The average molecular weight is 308 g/mol. The lowest BCUT2D eigenvalue weighted by Gasteiger charge is -2.09. The molecule has 2 aromatic rings. The molecule has 4 nitrogen and oxygen atoms in total. The molecule has 0 aliphatic heterocycles. The molecule has 5 heteroatoms. The highest BCUT2D eigenvalue weighted by atomic mass is 16.5. The van der Waals surface area contributed by atoms with Crippen molar-refractivity contribution in [2.45, 2.75) is 12.8 Å². The third-order valence-corrected chi connectivity index (χ3v) is 3.44. The molecule has 0 aliphatic rings. The standard InChI is InChI=1S/C18H17BO4/c1-22-17-8-3-12(10-18(17)23-2)9-15(20)11-16(21)13-4-6-14(19)7-5-13/h3-8,10H,9,11H2,1-2H3. The SMILES string of the molecule is [B]c1ccc(C(=O)CC(=O)Cc2ccc(OC)c(OC)c2)cc1. The van der Waals surface area contributed by atoms with Crippen molar-refractivity contribution in [3.63, 3.8) is 0 Å². The van der Waals surface area contributed by atoms with Crippen LogP contribution >= 0.6 is 0 Å². The lowest BCUT2D eigenvalue weighted by atomic mass is 9.93. The van der Waals surface area contributed by atoms with Crippen molar-refractivity contribution in [2.24, 2.45) is 0 Å². The minimum atomic E-state index is -0.213. The van der Waals surface area contributed by atoms with E-state index >= 15 is 0 Å². The molecule has 0 bridgehead atoms. The van der Waals surface area contributed by atoms with Gasteiger partial charge in [0.2, 0.25) is 0 Å². The molecule has 0 spiro atoms. The second kappa shape index (κ2) is 7.63. The molecule has 2 aromatic carbocycles. The number of methoxy groups -OCH3 is 2. The first kappa shape index (κ1) is 16.8. The van der Waals surface area contributed by atoms with Crippen LogP contribution in [0.3, 0.4) is 0 Å². The lowest BCUT2D eigenvalue weighted by Crippen LogP contribution is -2.12. The molecule has 0 aromatic heterocycles. The van der Waals surface area contributed by atoms with Crippen molar-refractivity contribution >= 4 is 24.9 Å². The van der Waals surface area contributed by atoms with E-state index in [-0.39, 0.29) is 24.4 Å². The maximum atomic E-state index is 12.1. The van der Waals surface area contributed by atoms with E-state index in [0.29, 0.717) is 22.5 Å². The molecule has 0 saturated heterocycles. The Balaban J connectivity index is 2.02. The van der Waals surface area contributed by atoms with Crippen LogP contribution in [0.25, 0.3) is 0 Å². The van der Waals surface area contributed by atoms with Gasteiger partial charge >= 0.3 is 0 Å². The number of carbonyl (C=O) groups is 2. The van der Waals surface area contributed by atoms with Crippen molar-refractivity contribution in [3.8, 4) is 11.5 Å². The van der Waals surface area contributed by atoms with E-state index in [2.05, 4.69) is 0 Å². The number of benzene rings is 2. The summed E-state index contributed by atoms with van der Waals surface area (Å²) in [4.78, 5) is 24.2. The predicted molar refractivity (Wildman–Crippen MR) is 89.0 cm³/mol. The van der Waals surface area contributed by atoms with Gasteiger partial charge in [-0.05, 0) is 17.7 Å². The zero-order valence-corrected chi connectivity index (χ0v) is 13.2. The summed E-state index contributed by atoms with van der Waals surface area (Å²) in [5.74, 6) is 0.791. The van der Waals surface area contributed by atoms with Crippen molar-refractivity contribution in [2.75, 3.05) is 14.2 Å². The molecule has 0 saturated carbocycles. The third kappa shape index (κ3) is 4.46. The summed E-state index contributed by atoms with van der Waals surface area (Å²) in [6.45, 7) is 0. The highest BCUT2D eigenvalue weighted by Crippen LogP contribution is 2.27. The summed E-state index contributed by atoms with van der Waals surface area (Å²) in [5.41, 5.74) is 1.84. The van der Waals surface area contributed by atoms with Gasteiger partial charge in [0, 0.05) is 12.0 Å². The van der Waals surface area contributed by atoms with E-state index in [4.69, 9.17) is 17.3 Å². The molecule has 23 heavy (non-hydrogen) atoms. The predicted octanol–water partition coefficient (Wildman–Crippen LogP) is 1.88. The zero-order valence-electron chi connectivity index (χ0n) is 13.2. The van der Waals surface area contributed by atoms with Crippen LogP contribution in [-0.2, 0) is 11.2 Å². The molecule has 0 N–H and O–H groups in total. The van der Waals surface area contributed by atoms with Gasteiger partial charge in [-0.3, -0.25) is 9.59 Å². The molecule has 0 atom stereocenters. The minimum absolute atomic E-state index is 0.141. The summed E-state index contributed by atoms with van der Waals surface area (Å²) in [6, 6.07) is 11.8. The molecular weight excluding hydrogens is 291 g/mol. The van der Waals surface area contributed by atoms with Crippen LogP contribution in [-0.4, -0.2) is 33.6 Å². The van der Waals surface area contributed by atoms with Gasteiger partial charge in [0.15, 0.2) is 17.3 Å². The van der Waals surface area contributed by atoms with Gasteiger partial charge in [0.05, 0.1) is 20.6 Å². The topological polar surface area (TPSA) is 52.6 Å². The molecule has 116 valence electrons. The molecule has 0 amide bonds. The Hall–Kier alpha value is -2.56. The van der Waals surface area contributed by atoms with Gasteiger partial charge in [-0.25, -0.2) is 0 Å². The normalized spacial score (nSPS) is 10.2. The Morgan fingerprint density at radius 3 is 2.22 bits per heavy atom. The quantitative estimate of drug-likeness (QED) is 0.445. The number of hydrogen-bond donors (Lipinski definition) is 0. The Labute approximate surface area is 136 Å². The maximum Gasteiger partial charge on any atom is 0.170 e. The second-order valence-electron chi connectivity index (χ2n) is 5.13. The van der Waals surface area contributed by atoms with Crippen LogP contribution in [0.5, 0.6) is 11.5 Å². The molecular formula is C18H17BO4. The largest absolute Gasteiger partial charge is 0.493 e. The van der Waals surface area contributed by atoms with E-state index in [9.17, 15) is 9.59 Å². The van der Waals surface area contributed by atoms with Crippen molar-refractivity contribution in [1.29, 1.82) is 0 Å². The summed E-state index contributed by atoms with van der Waals surface area (Å²) in [5, 5.41) is 0. The fourth-order valence-electron chi connectivity index (χ4n) is 2.23. The molecule has 2 rings (SSSR count). The van der Waals surface area contributed by atoms with Crippen LogP contribution < -0.4 is 14.9 Å². The molecule has 2 radical (unpaired) electrons. The van der Waals surface area contributed by atoms with Gasteiger partial charge in [-0.15, -0.1) is 0 Å². The third-order valence-electron chi connectivity index (χ3n) is 3.44. The Morgan fingerprint density at radius 1 is 0.957 bits per heavy atom.